The van der Waals surface area contributed by atoms with Gasteiger partial charge in [-0.1, -0.05) is 215 Å². The normalized spacial score (nSPS) is 18.8. The molecule has 0 atom stereocenters. The largest absolute Gasteiger partial charge is 0.207 e. The molecule has 444 valence electrons. The highest BCUT2D eigenvalue weighted by Gasteiger charge is 2.15. The molecular weight excluding hydrogens is 1020 g/mol. The van der Waals surface area contributed by atoms with Gasteiger partial charge in [0, 0.05) is 0 Å². The summed E-state index contributed by atoms with van der Waals surface area (Å²) in [5, 5.41) is 0. The van der Waals surface area contributed by atoms with Gasteiger partial charge in [-0.25, -0.2) is 35.1 Å². The van der Waals surface area contributed by atoms with Gasteiger partial charge in [0.15, 0.2) is 34.9 Å². The fourth-order valence-corrected chi connectivity index (χ4v) is 8.54. The highest BCUT2D eigenvalue weighted by Crippen LogP contribution is 2.29. The molecule has 0 aliphatic heterocycles. The lowest BCUT2D eigenvalue weighted by Gasteiger charge is -2.22. The first-order valence-corrected chi connectivity index (χ1v) is 29.2. The Bertz CT molecular complexity index is 2300. The van der Waals surface area contributed by atoms with Gasteiger partial charge in [-0.2, -0.15) is 0 Å². The van der Waals surface area contributed by atoms with Crippen LogP contribution in [0, 0.1) is 165 Å². The predicted octanol–water partition coefficient (Wildman–Crippen LogP) is 23.4. The number of hydrogen-bond donors (Lipinski definition) is 0. The summed E-state index contributed by atoms with van der Waals surface area (Å²) < 4.78 is 101. The molecule has 3 saturated carbocycles. The molecule has 0 amide bonds. The monoisotopic (exact) mass is 1120 g/mol. The van der Waals surface area contributed by atoms with E-state index < -0.39 is 34.9 Å². The third kappa shape index (κ3) is 30.0. The minimum atomic E-state index is -0.736. The molecule has 6 aromatic carbocycles. The van der Waals surface area contributed by atoms with Gasteiger partial charge in [0.2, 0.25) is 0 Å². The van der Waals surface area contributed by atoms with Crippen molar-refractivity contribution in [1.29, 1.82) is 0 Å². The van der Waals surface area contributed by atoms with Crippen LogP contribution in [0.1, 0.15) is 185 Å². The second kappa shape index (κ2) is 38.5. The number of rotatable bonds is 0. The van der Waals surface area contributed by atoms with Crippen molar-refractivity contribution in [3.63, 3.8) is 0 Å². The van der Waals surface area contributed by atoms with E-state index in [4.69, 9.17) is 0 Å². The molecule has 3 aliphatic carbocycles. The van der Waals surface area contributed by atoms with Gasteiger partial charge in [0.25, 0.3) is 0 Å². The molecule has 0 nitrogen and oxygen atoms in total. The molecule has 0 unspecified atom stereocenters. The Labute approximate surface area is 480 Å². The van der Waals surface area contributed by atoms with Gasteiger partial charge < -0.3 is 0 Å². The fourth-order valence-electron chi connectivity index (χ4n) is 8.54. The van der Waals surface area contributed by atoms with E-state index in [1.807, 2.05) is 26.0 Å². The zero-order valence-corrected chi connectivity index (χ0v) is 52.2. The third-order valence-electron chi connectivity index (χ3n) is 15.2. The lowest BCUT2D eigenvalue weighted by molar-refractivity contribution is 0.308. The second-order valence-electron chi connectivity index (χ2n) is 23.7. The van der Waals surface area contributed by atoms with Crippen molar-refractivity contribution < 1.29 is 35.1 Å². The lowest BCUT2D eigenvalue weighted by atomic mass is 9.84. The van der Waals surface area contributed by atoms with E-state index in [-0.39, 0.29) is 11.6 Å². The maximum Gasteiger partial charge on any atom is 0.161 e. The summed E-state index contributed by atoms with van der Waals surface area (Å²) in [6.45, 7) is 34.9. The van der Waals surface area contributed by atoms with Crippen LogP contribution in [0.25, 0.3) is 0 Å². The van der Waals surface area contributed by atoms with Crippen molar-refractivity contribution in [2.45, 2.75) is 202 Å². The molecule has 0 radical (unpaired) electrons. The van der Waals surface area contributed by atoms with Crippen molar-refractivity contribution in [1.82, 2.24) is 0 Å². The Morgan fingerprint density at radius 1 is 0.212 bits per heavy atom. The topological polar surface area (TPSA) is 0 Å². The van der Waals surface area contributed by atoms with Crippen LogP contribution in [-0.4, -0.2) is 0 Å². The Morgan fingerprint density at radius 3 is 0.487 bits per heavy atom. The molecule has 0 N–H and O–H groups in total. The summed E-state index contributed by atoms with van der Waals surface area (Å²) in [6, 6.07) is 28.3. The molecule has 8 heteroatoms. The van der Waals surface area contributed by atoms with Gasteiger partial charge in [0.1, 0.15) is 11.6 Å². The smallest absolute Gasteiger partial charge is 0.161 e. The SMILES string of the molecule is CC1CCC(C)CC1.CC1CCC(C)CC1.CC1CCC(C)CC1.Cc1ccc(C)c(F)c1.Cc1ccc(C)c(F)c1.Cc1ccc(C)c(F)c1F.Cc1ccc(C)c(F)c1F.Cc1ccc(C)c(F)c1F.Cc1ccc(C)cc1. The Morgan fingerprint density at radius 2 is 0.350 bits per heavy atom. The first-order valence-electron chi connectivity index (χ1n) is 29.2. The van der Waals surface area contributed by atoms with Crippen LogP contribution < -0.4 is 0 Å². The summed E-state index contributed by atoms with van der Waals surface area (Å²) in [6.07, 6.45) is 17.7. The zero-order valence-electron chi connectivity index (χ0n) is 52.2. The van der Waals surface area contributed by atoms with Crippen LogP contribution in [0.15, 0.2) is 97.1 Å². The molecular formula is C72H100F8. The highest BCUT2D eigenvalue weighted by atomic mass is 19.2. The number of hydrogen-bond acceptors (Lipinski definition) is 0. The van der Waals surface area contributed by atoms with E-state index in [0.29, 0.717) is 44.5 Å². The van der Waals surface area contributed by atoms with Gasteiger partial charge in [-0.15, -0.1) is 0 Å². The Hall–Kier alpha value is -5.24. The molecule has 3 aliphatic rings. The summed E-state index contributed by atoms with van der Waals surface area (Å²) in [4.78, 5) is 0. The predicted molar refractivity (Wildman–Crippen MR) is 326 cm³/mol. The minimum Gasteiger partial charge on any atom is -0.207 e. The van der Waals surface area contributed by atoms with E-state index >= 15 is 0 Å². The number of halogens is 8. The maximum atomic E-state index is 12.6. The minimum absolute atomic E-state index is 0.116. The molecule has 3 fully saturated rings. The molecule has 0 bridgehead atoms. The van der Waals surface area contributed by atoms with Crippen LogP contribution >= 0.6 is 0 Å². The maximum absolute atomic E-state index is 12.6. The average Bonchev–Trinajstić information content (AvgIpc) is 3.43. The molecule has 0 spiro atoms. The van der Waals surface area contributed by atoms with Gasteiger partial charge in [0.05, 0.1) is 0 Å². The molecule has 0 saturated heterocycles. The molecule has 80 heavy (non-hydrogen) atoms. The second-order valence-corrected chi connectivity index (χ2v) is 23.7. The van der Waals surface area contributed by atoms with Crippen molar-refractivity contribution in [2.24, 2.45) is 35.5 Å². The molecule has 0 heterocycles. The summed E-state index contributed by atoms with van der Waals surface area (Å²) in [5.41, 5.74) is 8.12. The first kappa shape index (κ1) is 72.8. The van der Waals surface area contributed by atoms with E-state index in [1.54, 1.807) is 62.4 Å². The van der Waals surface area contributed by atoms with E-state index in [0.717, 1.165) is 46.6 Å². The van der Waals surface area contributed by atoms with Crippen molar-refractivity contribution >= 4 is 0 Å². The summed E-state index contributed by atoms with van der Waals surface area (Å²) >= 11 is 0. The van der Waals surface area contributed by atoms with Gasteiger partial charge in [-0.3, -0.25) is 0 Å². The van der Waals surface area contributed by atoms with Crippen LogP contribution in [0.4, 0.5) is 35.1 Å². The summed E-state index contributed by atoms with van der Waals surface area (Å²) in [5.74, 6) is 1.47. The van der Waals surface area contributed by atoms with Gasteiger partial charge in [-0.05, 0) is 186 Å². The summed E-state index contributed by atoms with van der Waals surface area (Å²) in [7, 11) is 0. The van der Waals surface area contributed by atoms with E-state index in [1.165, 1.54) is 142 Å². The standard InChI is InChI=1S/3C8H8F2.2C8H9F.3C8H16.C8H10/c3*1-5-3-4-6(2)8(10)7(5)9;2*1-6-3-4-7(2)8(9)5-6;4*1-7-3-5-8(2)6-4-7/h3*3-4H,1-2H3;2*3-5H,1-2H3;3*7-8H,3-6H2,1-2H3;3-6H,1-2H3. The van der Waals surface area contributed by atoms with Crippen LogP contribution in [0.2, 0.25) is 0 Å². The lowest BCUT2D eigenvalue weighted by Crippen LogP contribution is -2.08. The van der Waals surface area contributed by atoms with Crippen molar-refractivity contribution in [3.05, 3.63) is 210 Å². The Balaban J connectivity index is 0.000000451. The van der Waals surface area contributed by atoms with Gasteiger partial charge >= 0.3 is 0 Å². The van der Waals surface area contributed by atoms with Crippen LogP contribution in [-0.2, 0) is 0 Å². The number of benzene rings is 6. The third-order valence-corrected chi connectivity index (χ3v) is 15.2. The van der Waals surface area contributed by atoms with Crippen LogP contribution in [0.5, 0.6) is 0 Å². The van der Waals surface area contributed by atoms with Crippen molar-refractivity contribution in [2.75, 3.05) is 0 Å². The first-order chi connectivity index (χ1) is 37.4. The van der Waals surface area contributed by atoms with E-state index in [9.17, 15) is 35.1 Å². The quantitative estimate of drug-likeness (QED) is 0.133. The zero-order chi connectivity index (χ0) is 60.8. The van der Waals surface area contributed by atoms with Crippen LogP contribution in [0.3, 0.4) is 0 Å². The van der Waals surface area contributed by atoms with Crippen molar-refractivity contribution in [3.8, 4) is 0 Å². The van der Waals surface area contributed by atoms with E-state index in [2.05, 4.69) is 79.7 Å². The Kier molecular flexibility index (Phi) is 35.0. The fraction of sp³-hybridized carbons (Fsp3) is 0.500. The number of aryl methyl sites for hydroxylation is 12. The highest BCUT2D eigenvalue weighted by molar-refractivity contribution is 5.27. The molecule has 6 aromatic rings. The molecule has 0 aromatic heterocycles. The molecule has 9 rings (SSSR count). The average molecular weight is 1120 g/mol.